The standard InChI is InChI=1S/C58H80O13/c1-37-11-5-13-43-14-7-15-44(67-43)17-9-21-56(63)69-53(20-6-12-42(59)30-37)50(60)25-24-47-33-40(4)49(36-66-47)41-29-39(3)32-52(62)58-55(71-58)35-54(51(61)26-23-46-31-38(2)27-28-65-46)70-57(64)22-10-18-45-16-8-19-48(34-41)68-45/h6-10,12,15-16,21-27,39,41-48,50-55,58-62H,1,5,11,13-14,17-20,28-36H2,2-4H3/b12-6-,21-9-,22-10-,25-24+,26-23+/t39?,41?,42-,43-,44+,45+,46-,47-,48+,50+,51+,52+,53+,54+,55-,58+/m1/s1. The molecule has 0 spiro atoms. The second-order valence-corrected chi connectivity index (χ2v) is 20.9. The summed E-state index contributed by atoms with van der Waals surface area (Å²) in [6.07, 6.45) is 29.3. The van der Waals surface area contributed by atoms with Crippen molar-refractivity contribution in [1.82, 2.24) is 0 Å². The molecule has 2 unspecified atom stereocenters. The van der Waals surface area contributed by atoms with Crippen LogP contribution in [0.4, 0.5) is 0 Å². The molecule has 4 N–H and O–H groups in total. The van der Waals surface area contributed by atoms with Gasteiger partial charge in [0.25, 0.3) is 0 Å². The monoisotopic (exact) mass is 985 g/mol. The van der Waals surface area contributed by atoms with E-state index in [9.17, 15) is 30.0 Å². The molecule has 0 radical (unpaired) electrons. The minimum atomic E-state index is -1.14. The molecule has 390 valence electrons. The maximum Gasteiger partial charge on any atom is 0.330 e. The SMILES string of the molecule is C=C1CCC[C@@H]2CC=C[C@@H](C/C=C\C(=O)O[C@H]([C@@H](O)/C=C/[C@@H]3CC(C)=C(C4CC(C)C[C@H](O)[C@@H]5O[C@@H]5C[C@@H]([C@@H](O)/C=C/[C@@H]5CC(C)=CCO5)OC(=O)/C=C\C[C@@H]5C=CC[C@@H](C4)O5)CO3)C/C=C\[C@@H](O)C1)O2. The first-order chi connectivity index (χ1) is 34.2. The average Bonchev–Trinajstić information content (AvgIpc) is 4.11. The summed E-state index contributed by atoms with van der Waals surface area (Å²) in [6.45, 7) is 11.4. The van der Waals surface area contributed by atoms with Gasteiger partial charge in [0.1, 0.15) is 30.5 Å². The molecule has 0 aromatic carbocycles. The topological polar surface area (TPSA) is 183 Å². The number of rotatable bonds is 7. The molecule has 71 heavy (non-hydrogen) atoms. The molecule has 7 rings (SSSR count). The Kier molecular flexibility index (Phi) is 21.1. The number of aliphatic hydroxyl groups is 4. The average molecular weight is 985 g/mol. The van der Waals surface area contributed by atoms with Crippen molar-refractivity contribution in [3.8, 4) is 0 Å². The van der Waals surface area contributed by atoms with Gasteiger partial charge in [0.05, 0.1) is 68.1 Å². The molecule has 7 aliphatic rings. The van der Waals surface area contributed by atoms with E-state index in [0.29, 0.717) is 45.3 Å². The lowest BCUT2D eigenvalue weighted by atomic mass is 9.79. The first-order valence-electron chi connectivity index (χ1n) is 26.3. The van der Waals surface area contributed by atoms with Gasteiger partial charge in [-0.15, -0.1) is 0 Å². The van der Waals surface area contributed by atoms with Gasteiger partial charge in [-0.1, -0.05) is 109 Å². The maximum atomic E-state index is 13.1. The molecule has 7 heterocycles. The third kappa shape index (κ3) is 17.9. The number of hydrogen-bond acceptors (Lipinski definition) is 13. The summed E-state index contributed by atoms with van der Waals surface area (Å²) in [5.41, 5.74) is 4.59. The molecular formula is C58H80O13. The number of aliphatic hydroxyl groups excluding tert-OH is 4. The Morgan fingerprint density at radius 3 is 2.06 bits per heavy atom. The fourth-order valence-corrected chi connectivity index (χ4v) is 10.7. The van der Waals surface area contributed by atoms with E-state index in [1.165, 1.54) is 28.9 Å². The lowest BCUT2D eigenvalue weighted by Crippen LogP contribution is -2.33. The molecular weight excluding hydrogens is 905 g/mol. The Morgan fingerprint density at radius 2 is 1.35 bits per heavy atom. The summed E-state index contributed by atoms with van der Waals surface area (Å²) >= 11 is 0. The normalized spacial score (nSPS) is 38.9. The van der Waals surface area contributed by atoms with E-state index in [4.69, 9.17) is 33.2 Å². The second kappa shape index (κ2) is 27.3. The van der Waals surface area contributed by atoms with E-state index in [2.05, 4.69) is 32.6 Å². The molecule has 7 aliphatic heterocycles. The number of fused-ring (bicyclic) bond motifs is 5. The number of esters is 2. The second-order valence-electron chi connectivity index (χ2n) is 20.9. The lowest BCUT2D eigenvalue weighted by molar-refractivity contribution is -0.148. The van der Waals surface area contributed by atoms with Crippen LogP contribution in [-0.4, -0.2) is 131 Å². The number of epoxide rings is 1. The molecule has 0 amide bonds. The Balaban J connectivity index is 0.999. The molecule has 0 aromatic rings. The number of ether oxygens (including phenoxy) is 7. The van der Waals surface area contributed by atoms with Crippen molar-refractivity contribution in [2.24, 2.45) is 11.8 Å². The fourth-order valence-electron chi connectivity index (χ4n) is 10.7. The van der Waals surface area contributed by atoms with Gasteiger partial charge in [-0.25, -0.2) is 9.59 Å². The van der Waals surface area contributed by atoms with Gasteiger partial charge >= 0.3 is 11.9 Å². The van der Waals surface area contributed by atoms with Gasteiger partial charge in [-0.2, -0.15) is 0 Å². The van der Waals surface area contributed by atoms with Crippen LogP contribution in [0.15, 0.2) is 120 Å². The van der Waals surface area contributed by atoms with Crippen molar-refractivity contribution in [1.29, 1.82) is 0 Å². The summed E-state index contributed by atoms with van der Waals surface area (Å²) < 4.78 is 42.8. The first kappa shape index (κ1) is 54.7. The van der Waals surface area contributed by atoms with E-state index in [0.717, 1.165) is 56.9 Å². The summed E-state index contributed by atoms with van der Waals surface area (Å²) in [7, 11) is 0. The van der Waals surface area contributed by atoms with Crippen molar-refractivity contribution in [2.75, 3.05) is 13.2 Å². The van der Waals surface area contributed by atoms with Crippen LogP contribution in [0.2, 0.25) is 0 Å². The van der Waals surface area contributed by atoms with Gasteiger partial charge in [-0.05, 0) is 115 Å². The molecule has 0 saturated carbocycles. The Bertz CT molecular complexity index is 2060. The van der Waals surface area contributed by atoms with Crippen molar-refractivity contribution in [3.05, 3.63) is 120 Å². The number of cyclic esters (lactones) is 2. The van der Waals surface area contributed by atoms with Crippen LogP contribution >= 0.6 is 0 Å². The van der Waals surface area contributed by atoms with Gasteiger partial charge in [0.15, 0.2) is 0 Å². The van der Waals surface area contributed by atoms with E-state index >= 15 is 0 Å². The highest BCUT2D eigenvalue weighted by molar-refractivity contribution is 5.82. The summed E-state index contributed by atoms with van der Waals surface area (Å²) in [4.78, 5) is 26.2. The van der Waals surface area contributed by atoms with E-state index in [-0.39, 0.29) is 67.4 Å². The number of hydrogen-bond donors (Lipinski definition) is 4. The number of carbonyl (C=O) groups is 2. The Labute approximate surface area is 421 Å². The highest BCUT2D eigenvalue weighted by Gasteiger charge is 2.47. The van der Waals surface area contributed by atoms with E-state index in [1.807, 2.05) is 37.3 Å². The molecule has 13 nitrogen and oxygen atoms in total. The fraction of sp³-hybridized carbons (Fsp3) is 0.621. The van der Waals surface area contributed by atoms with E-state index < -0.39 is 54.7 Å². The predicted molar refractivity (Wildman–Crippen MR) is 271 cm³/mol. The molecule has 1 saturated heterocycles. The Morgan fingerprint density at radius 1 is 0.704 bits per heavy atom. The largest absolute Gasteiger partial charge is 0.456 e. The van der Waals surface area contributed by atoms with Crippen molar-refractivity contribution < 1.29 is 63.2 Å². The van der Waals surface area contributed by atoms with Gasteiger partial charge in [0.2, 0.25) is 0 Å². The van der Waals surface area contributed by atoms with Crippen LogP contribution in [0.25, 0.3) is 0 Å². The van der Waals surface area contributed by atoms with Crippen LogP contribution in [0.5, 0.6) is 0 Å². The smallest absolute Gasteiger partial charge is 0.330 e. The lowest BCUT2D eigenvalue weighted by Gasteiger charge is -2.35. The summed E-state index contributed by atoms with van der Waals surface area (Å²) in [5.74, 6) is -0.924. The van der Waals surface area contributed by atoms with Gasteiger partial charge < -0.3 is 53.6 Å². The molecule has 16 atom stereocenters. The van der Waals surface area contributed by atoms with Gasteiger partial charge in [0, 0.05) is 25.0 Å². The van der Waals surface area contributed by atoms with Crippen LogP contribution in [0, 0.1) is 11.8 Å². The van der Waals surface area contributed by atoms with Crippen LogP contribution in [0.3, 0.4) is 0 Å². The van der Waals surface area contributed by atoms with Crippen LogP contribution in [-0.2, 0) is 42.7 Å². The maximum absolute atomic E-state index is 13.1. The zero-order valence-electron chi connectivity index (χ0n) is 42.1. The summed E-state index contributed by atoms with van der Waals surface area (Å²) in [6, 6.07) is 0. The molecule has 4 bridgehead atoms. The first-order valence-corrected chi connectivity index (χ1v) is 26.3. The Hall–Kier alpha value is -4.02. The zero-order valence-corrected chi connectivity index (χ0v) is 42.1. The summed E-state index contributed by atoms with van der Waals surface area (Å²) in [5, 5.41) is 45.0. The van der Waals surface area contributed by atoms with Crippen molar-refractivity contribution in [3.63, 3.8) is 0 Å². The highest BCUT2D eigenvalue weighted by Crippen LogP contribution is 2.39. The minimum Gasteiger partial charge on any atom is -0.456 e. The molecule has 0 aromatic heterocycles. The third-order valence-corrected chi connectivity index (χ3v) is 14.7. The minimum absolute atomic E-state index is 0.0756. The van der Waals surface area contributed by atoms with E-state index in [1.54, 1.807) is 36.5 Å². The van der Waals surface area contributed by atoms with Gasteiger partial charge in [-0.3, -0.25) is 0 Å². The van der Waals surface area contributed by atoms with Crippen LogP contribution < -0.4 is 0 Å². The predicted octanol–water partition coefficient (Wildman–Crippen LogP) is 8.20. The number of carbonyl (C=O) groups excluding carboxylic acids is 2. The molecule has 13 heteroatoms. The molecule has 0 aliphatic carbocycles. The molecule has 1 fully saturated rings. The highest BCUT2D eigenvalue weighted by atomic mass is 16.6. The van der Waals surface area contributed by atoms with Crippen molar-refractivity contribution in [2.45, 2.75) is 203 Å². The zero-order chi connectivity index (χ0) is 50.3. The quantitative estimate of drug-likeness (QED) is 0.109. The van der Waals surface area contributed by atoms with Crippen LogP contribution in [0.1, 0.15) is 117 Å². The van der Waals surface area contributed by atoms with Crippen molar-refractivity contribution >= 4 is 11.9 Å². The third-order valence-electron chi connectivity index (χ3n) is 14.7.